The molecule has 0 spiro atoms. The van der Waals surface area contributed by atoms with Crippen molar-refractivity contribution in [3.05, 3.63) is 71.3 Å². The summed E-state index contributed by atoms with van der Waals surface area (Å²) in [6, 6.07) is 14.7. The lowest BCUT2D eigenvalue weighted by atomic mass is 9.96. The van der Waals surface area contributed by atoms with Gasteiger partial charge in [-0.15, -0.1) is 0 Å². The average Bonchev–Trinajstić information content (AvgIpc) is 2.53. The van der Waals surface area contributed by atoms with Crippen LogP contribution in [0.3, 0.4) is 0 Å². The number of halogens is 1. The van der Waals surface area contributed by atoms with Crippen LogP contribution in [-0.4, -0.2) is 18.2 Å². The number of aliphatic hydroxyl groups is 1. The number of benzene rings is 2. The number of ether oxygens (including phenoxy) is 1. The van der Waals surface area contributed by atoms with E-state index in [4.69, 9.17) is 0 Å². The van der Waals surface area contributed by atoms with Crippen LogP contribution in [0.4, 0.5) is 4.39 Å². The fourth-order valence-electron chi connectivity index (χ4n) is 2.02. The minimum absolute atomic E-state index is 0.121. The molecule has 4 heteroatoms. The van der Waals surface area contributed by atoms with E-state index >= 15 is 0 Å². The molecule has 2 aromatic carbocycles. The van der Waals surface area contributed by atoms with Crippen LogP contribution in [0.2, 0.25) is 0 Å². The molecule has 0 heterocycles. The van der Waals surface area contributed by atoms with E-state index in [1.807, 2.05) is 0 Å². The minimum Gasteiger partial charge on any atom is -0.465 e. The highest BCUT2D eigenvalue weighted by atomic mass is 19.1. The van der Waals surface area contributed by atoms with E-state index in [0.29, 0.717) is 5.56 Å². The summed E-state index contributed by atoms with van der Waals surface area (Å²) in [5.74, 6) is -0.622. The van der Waals surface area contributed by atoms with Gasteiger partial charge in [0.15, 0.2) is 6.17 Å². The molecule has 0 fully saturated rings. The van der Waals surface area contributed by atoms with Crippen molar-refractivity contribution in [2.75, 3.05) is 7.11 Å². The number of alkyl halides is 1. The molecule has 0 radical (unpaired) electrons. The van der Waals surface area contributed by atoms with Crippen LogP contribution in [0.25, 0.3) is 0 Å². The van der Waals surface area contributed by atoms with Crippen molar-refractivity contribution in [2.45, 2.75) is 12.3 Å². The Balaban J connectivity index is 2.34. The highest BCUT2D eigenvalue weighted by Crippen LogP contribution is 2.34. The zero-order valence-electron chi connectivity index (χ0n) is 11.0. The number of aliphatic hydroxyl groups excluding tert-OH is 1. The van der Waals surface area contributed by atoms with E-state index in [1.165, 1.54) is 19.2 Å². The van der Waals surface area contributed by atoms with E-state index in [2.05, 4.69) is 4.74 Å². The number of carbonyl (C=O) groups is 1. The molecule has 2 rings (SSSR count). The number of carbonyl (C=O) groups excluding carboxylic acids is 1. The second-order valence-corrected chi connectivity index (χ2v) is 4.34. The molecular weight excluding hydrogens is 259 g/mol. The van der Waals surface area contributed by atoms with Gasteiger partial charge in [-0.05, 0) is 11.6 Å². The Hall–Kier alpha value is -2.20. The van der Waals surface area contributed by atoms with Crippen LogP contribution < -0.4 is 0 Å². The summed E-state index contributed by atoms with van der Waals surface area (Å²) in [5.41, 5.74) is 0.702. The van der Waals surface area contributed by atoms with E-state index in [1.54, 1.807) is 42.5 Å². The Morgan fingerprint density at radius 1 is 1.10 bits per heavy atom. The molecule has 1 N–H and O–H groups in total. The fraction of sp³-hybridized carbons (Fsp3) is 0.188. The van der Waals surface area contributed by atoms with Crippen molar-refractivity contribution < 1.29 is 19.0 Å². The molecule has 3 nitrogen and oxygen atoms in total. The second-order valence-electron chi connectivity index (χ2n) is 4.34. The van der Waals surface area contributed by atoms with Gasteiger partial charge in [0.25, 0.3) is 0 Å². The summed E-state index contributed by atoms with van der Waals surface area (Å²) in [4.78, 5) is 11.6. The Morgan fingerprint density at radius 2 is 1.70 bits per heavy atom. The number of hydrogen-bond acceptors (Lipinski definition) is 3. The van der Waals surface area contributed by atoms with Gasteiger partial charge in [-0.1, -0.05) is 48.5 Å². The van der Waals surface area contributed by atoms with Gasteiger partial charge in [0.05, 0.1) is 12.7 Å². The topological polar surface area (TPSA) is 46.5 Å². The maximum absolute atomic E-state index is 14.5. The molecule has 0 amide bonds. The third-order valence-corrected chi connectivity index (χ3v) is 3.08. The smallest absolute Gasteiger partial charge is 0.338 e. The second kappa shape index (κ2) is 6.30. The minimum atomic E-state index is -1.70. The van der Waals surface area contributed by atoms with Gasteiger partial charge in [-0.25, -0.2) is 9.18 Å². The van der Waals surface area contributed by atoms with Crippen molar-refractivity contribution in [2.24, 2.45) is 0 Å². The summed E-state index contributed by atoms with van der Waals surface area (Å²) in [7, 11) is 1.24. The molecule has 0 saturated heterocycles. The van der Waals surface area contributed by atoms with Crippen LogP contribution in [-0.2, 0) is 4.74 Å². The van der Waals surface area contributed by atoms with Crippen molar-refractivity contribution >= 4 is 5.97 Å². The molecule has 104 valence electrons. The number of methoxy groups -OCH3 is 1. The maximum Gasteiger partial charge on any atom is 0.338 e. The van der Waals surface area contributed by atoms with Crippen LogP contribution >= 0.6 is 0 Å². The molecule has 2 atom stereocenters. The first-order valence-electron chi connectivity index (χ1n) is 6.19. The zero-order valence-corrected chi connectivity index (χ0v) is 11.0. The molecular formula is C16H15FO3. The molecule has 0 aliphatic carbocycles. The van der Waals surface area contributed by atoms with Crippen LogP contribution in [0.1, 0.15) is 33.8 Å². The lowest BCUT2D eigenvalue weighted by Crippen LogP contribution is -2.12. The zero-order chi connectivity index (χ0) is 14.5. The summed E-state index contributed by atoms with van der Waals surface area (Å²) in [6.07, 6.45) is -3.03. The highest BCUT2D eigenvalue weighted by molar-refractivity contribution is 5.91. The first kappa shape index (κ1) is 14.2. The summed E-state index contributed by atoms with van der Waals surface area (Å²) in [6.45, 7) is 0. The third kappa shape index (κ3) is 2.86. The quantitative estimate of drug-likeness (QED) is 0.871. The van der Waals surface area contributed by atoms with Gasteiger partial charge in [0, 0.05) is 5.56 Å². The summed E-state index contributed by atoms with van der Waals surface area (Å²) < 4.78 is 19.1. The Bertz CT molecular complexity index is 583. The maximum atomic E-state index is 14.5. The summed E-state index contributed by atoms with van der Waals surface area (Å²) in [5, 5.41) is 10.1. The van der Waals surface area contributed by atoms with E-state index < -0.39 is 18.2 Å². The van der Waals surface area contributed by atoms with Crippen LogP contribution in [0.5, 0.6) is 0 Å². The molecule has 0 bridgehead atoms. The standard InChI is InChI=1S/C16H15FO3/c1-20-16(19)13-10-6-5-9-12(13)14(17)15(18)11-7-3-2-4-8-11/h2-10,14-15,18H,1H3/t14-,15+/m1/s1. The normalized spacial score (nSPS) is 13.6. The molecule has 2 aromatic rings. The Labute approximate surface area is 116 Å². The Morgan fingerprint density at radius 3 is 2.35 bits per heavy atom. The van der Waals surface area contributed by atoms with Gasteiger partial charge in [-0.2, -0.15) is 0 Å². The SMILES string of the molecule is COC(=O)c1ccccc1[C@@H](F)[C@@H](O)c1ccccc1. The van der Waals surface area contributed by atoms with Gasteiger partial charge >= 0.3 is 5.97 Å². The van der Waals surface area contributed by atoms with Crippen molar-refractivity contribution in [1.29, 1.82) is 0 Å². The van der Waals surface area contributed by atoms with Crippen molar-refractivity contribution in [1.82, 2.24) is 0 Å². The predicted molar refractivity (Wildman–Crippen MR) is 73.0 cm³/mol. The first-order chi connectivity index (χ1) is 9.65. The first-order valence-corrected chi connectivity index (χ1v) is 6.19. The third-order valence-electron chi connectivity index (χ3n) is 3.08. The van der Waals surface area contributed by atoms with Crippen LogP contribution in [0, 0.1) is 0 Å². The predicted octanol–water partition coefficient (Wildman–Crippen LogP) is 3.22. The van der Waals surface area contributed by atoms with Gasteiger partial charge in [0.2, 0.25) is 0 Å². The molecule has 0 saturated carbocycles. The average molecular weight is 274 g/mol. The number of rotatable bonds is 4. The molecule has 0 unspecified atom stereocenters. The van der Waals surface area contributed by atoms with E-state index in [-0.39, 0.29) is 11.1 Å². The fourth-order valence-corrected chi connectivity index (χ4v) is 2.02. The van der Waals surface area contributed by atoms with Crippen molar-refractivity contribution in [3.8, 4) is 0 Å². The molecule has 0 aromatic heterocycles. The van der Waals surface area contributed by atoms with Crippen LogP contribution in [0.15, 0.2) is 54.6 Å². The molecule has 0 aliphatic rings. The number of esters is 1. The Kier molecular flexibility index (Phi) is 4.48. The van der Waals surface area contributed by atoms with Gasteiger partial charge in [0.1, 0.15) is 6.10 Å². The lowest BCUT2D eigenvalue weighted by Gasteiger charge is -2.18. The molecule has 0 aliphatic heterocycles. The monoisotopic (exact) mass is 274 g/mol. The van der Waals surface area contributed by atoms with Gasteiger partial charge < -0.3 is 9.84 Å². The largest absolute Gasteiger partial charge is 0.465 e. The molecule has 20 heavy (non-hydrogen) atoms. The van der Waals surface area contributed by atoms with Crippen molar-refractivity contribution in [3.63, 3.8) is 0 Å². The number of hydrogen-bond donors (Lipinski definition) is 1. The van der Waals surface area contributed by atoms with E-state index in [0.717, 1.165) is 0 Å². The van der Waals surface area contributed by atoms with Gasteiger partial charge in [-0.3, -0.25) is 0 Å². The van der Waals surface area contributed by atoms with E-state index in [9.17, 15) is 14.3 Å². The highest BCUT2D eigenvalue weighted by Gasteiger charge is 2.26. The lowest BCUT2D eigenvalue weighted by molar-refractivity contribution is 0.0576. The summed E-state index contributed by atoms with van der Waals surface area (Å²) >= 11 is 0.